The van der Waals surface area contributed by atoms with Gasteiger partial charge < -0.3 is 15.3 Å². The van der Waals surface area contributed by atoms with Crippen molar-refractivity contribution in [2.75, 3.05) is 38.0 Å². The number of benzene rings is 2. The van der Waals surface area contributed by atoms with Gasteiger partial charge in [-0.05, 0) is 36.1 Å². The monoisotopic (exact) mass is 471 g/mol. The number of H-pyrrole nitrogens is 2. The summed E-state index contributed by atoms with van der Waals surface area (Å²) in [5.74, 6) is 0.254. The van der Waals surface area contributed by atoms with E-state index in [1.165, 1.54) is 5.56 Å². The Kier molecular flexibility index (Phi) is 6.97. The summed E-state index contributed by atoms with van der Waals surface area (Å²) < 4.78 is 0. The van der Waals surface area contributed by atoms with E-state index < -0.39 is 0 Å². The van der Waals surface area contributed by atoms with Crippen molar-refractivity contribution in [1.82, 2.24) is 29.7 Å². The molecule has 1 atom stereocenters. The van der Waals surface area contributed by atoms with Crippen LogP contribution >= 0.6 is 0 Å². The average molecular weight is 472 g/mol. The molecule has 1 aliphatic heterocycles. The summed E-state index contributed by atoms with van der Waals surface area (Å²) in [7, 11) is 0. The molecule has 2 aromatic carbocycles. The SMILES string of the molecule is O=C(CN1CCN(Cc2ccccc2)CC(Cc2cnccn2)C1)Nc1ccc2[nH]c(=O)[nH]c2c1. The maximum absolute atomic E-state index is 12.9. The lowest BCUT2D eigenvalue weighted by Crippen LogP contribution is -2.37. The van der Waals surface area contributed by atoms with Crippen molar-refractivity contribution in [3.8, 4) is 0 Å². The van der Waals surface area contributed by atoms with Crippen LogP contribution in [0.4, 0.5) is 5.69 Å². The van der Waals surface area contributed by atoms with Gasteiger partial charge in [0.1, 0.15) is 0 Å². The normalized spacial score (nSPS) is 17.3. The zero-order chi connectivity index (χ0) is 24.0. The highest BCUT2D eigenvalue weighted by Gasteiger charge is 2.25. The molecule has 0 radical (unpaired) electrons. The molecule has 1 fully saturated rings. The second-order valence-electron chi connectivity index (χ2n) is 9.11. The number of hydrogen-bond acceptors (Lipinski definition) is 6. The van der Waals surface area contributed by atoms with Crippen molar-refractivity contribution in [2.45, 2.75) is 13.0 Å². The van der Waals surface area contributed by atoms with Crippen LogP contribution in [0.1, 0.15) is 11.3 Å². The molecule has 9 nitrogen and oxygen atoms in total. The first-order chi connectivity index (χ1) is 17.1. The van der Waals surface area contributed by atoms with E-state index in [-0.39, 0.29) is 11.6 Å². The molecule has 0 saturated carbocycles. The summed E-state index contributed by atoms with van der Waals surface area (Å²) in [5.41, 5.74) is 4.04. The zero-order valence-corrected chi connectivity index (χ0v) is 19.5. The maximum atomic E-state index is 12.9. The van der Waals surface area contributed by atoms with Gasteiger partial charge in [0.25, 0.3) is 0 Å². The predicted octanol–water partition coefficient (Wildman–Crippen LogP) is 2.26. The molecule has 5 rings (SSSR count). The molecule has 0 spiro atoms. The van der Waals surface area contributed by atoms with Crippen molar-refractivity contribution >= 4 is 22.6 Å². The molecular weight excluding hydrogens is 442 g/mol. The Bertz CT molecular complexity index is 1320. The van der Waals surface area contributed by atoms with Gasteiger partial charge in [0.2, 0.25) is 5.91 Å². The van der Waals surface area contributed by atoms with Crippen LogP contribution in [0.15, 0.2) is 71.9 Å². The fourth-order valence-corrected chi connectivity index (χ4v) is 4.76. The average Bonchev–Trinajstić information content (AvgIpc) is 3.12. The molecule has 3 heterocycles. The van der Waals surface area contributed by atoms with Crippen LogP contribution in [-0.4, -0.2) is 68.4 Å². The quantitative estimate of drug-likeness (QED) is 0.381. The van der Waals surface area contributed by atoms with Crippen LogP contribution < -0.4 is 11.0 Å². The standard InChI is InChI=1S/C26H29N7O2/c34-25(29-21-6-7-23-24(13-21)31-26(35)30-23)18-33-11-10-32(15-19-4-2-1-3-5-19)16-20(17-33)12-22-14-27-8-9-28-22/h1-9,13-14,20H,10-12,15-18H2,(H,29,34)(H2,30,31,35). The number of nitrogens with one attached hydrogen (secondary N) is 3. The van der Waals surface area contributed by atoms with E-state index in [4.69, 9.17) is 0 Å². The Morgan fingerprint density at radius 3 is 2.63 bits per heavy atom. The third-order valence-electron chi connectivity index (χ3n) is 6.30. The van der Waals surface area contributed by atoms with Gasteiger partial charge in [-0.3, -0.25) is 24.6 Å². The Balaban J connectivity index is 1.26. The second-order valence-corrected chi connectivity index (χ2v) is 9.11. The lowest BCUT2D eigenvalue weighted by atomic mass is 10.0. The van der Waals surface area contributed by atoms with Gasteiger partial charge >= 0.3 is 5.69 Å². The van der Waals surface area contributed by atoms with Crippen molar-refractivity contribution in [3.05, 3.63) is 88.9 Å². The third-order valence-corrected chi connectivity index (χ3v) is 6.30. The lowest BCUT2D eigenvalue weighted by molar-refractivity contribution is -0.117. The molecule has 1 saturated heterocycles. The number of anilines is 1. The number of rotatable bonds is 7. The van der Waals surface area contributed by atoms with E-state index in [1.807, 2.05) is 12.3 Å². The number of carbonyl (C=O) groups excluding carboxylic acids is 1. The number of hydrogen-bond donors (Lipinski definition) is 3. The van der Waals surface area contributed by atoms with Crippen LogP contribution in [0, 0.1) is 5.92 Å². The summed E-state index contributed by atoms with van der Waals surface area (Å²) in [6.07, 6.45) is 6.06. The lowest BCUT2D eigenvalue weighted by Gasteiger charge is -2.24. The van der Waals surface area contributed by atoms with Crippen molar-refractivity contribution in [2.24, 2.45) is 5.92 Å². The number of fused-ring (bicyclic) bond motifs is 1. The fourth-order valence-electron chi connectivity index (χ4n) is 4.76. The highest BCUT2D eigenvalue weighted by atomic mass is 16.2. The predicted molar refractivity (Wildman–Crippen MR) is 135 cm³/mol. The molecule has 3 N–H and O–H groups in total. The van der Waals surface area contributed by atoms with Gasteiger partial charge in [-0.25, -0.2) is 4.79 Å². The molecule has 1 amide bonds. The van der Waals surface area contributed by atoms with Crippen molar-refractivity contribution in [3.63, 3.8) is 0 Å². The highest BCUT2D eigenvalue weighted by molar-refractivity contribution is 5.94. The van der Waals surface area contributed by atoms with Gasteiger partial charge in [-0.1, -0.05) is 30.3 Å². The third kappa shape index (κ3) is 6.20. The molecule has 0 bridgehead atoms. The molecule has 2 aromatic heterocycles. The topological polar surface area (TPSA) is 110 Å². The second kappa shape index (κ2) is 10.6. The van der Waals surface area contributed by atoms with Gasteiger partial charge in [0, 0.05) is 57.0 Å². The van der Waals surface area contributed by atoms with Crippen LogP contribution in [-0.2, 0) is 17.8 Å². The van der Waals surface area contributed by atoms with E-state index >= 15 is 0 Å². The van der Waals surface area contributed by atoms with Gasteiger partial charge in [0.05, 0.1) is 23.3 Å². The molecule has 35 heavy (non-hydrogen) atoms. The van der Waals surface area contributed by atoms with E-state index in [0.29, 0.717) is 29.2 Å². The van der Waals surface area contributed by atoms with Crippen LogP contribution in [0.25, 0.3) is 11.0 Å². The van der Waals surface area contributed by atoms with Gasteiger partial charge in [0.15, 0.2) is 0 Å². The number of imidazole rings is 1. The Morgan fingerprint density at radius 2 is 1.80 bits per heavy atom. The van der Waals surface area contributed by atoms with E-state index in [0.717, 1.165) is 44.8 Å². The summed E-state index contributed by atoms with van der Waals surface area (Å²) in [6, 6.07) is 15.8. The smallest absolute Gasteiger partial charge is 0.323 e. The summed E-state index contributed by atoms with van der Waals surface area (Å²) in [6.45, 7) is 4.61. The minimum atomic E-state index is -0.262. The van der Waals surface area contributed by atoms with Crippen LogP contribution in [0.2, 0.25) is 0 Å². The van der Waals surface area contributed by atoms with E-state index in [9.17, 15) is 9.59 Å². The number of carbonyl (C=O) groups is 1. The van der Waals surface area contributed by atoms with E-state index in [1.54, 1.807) is 30.6 Å². The van der Waals surface area contributed by atoms with Crippen LogP contribution in [0.5, 0.6) is 0 Å². The number of amides is 1. The molecule has 1 unspecified atom stereocenters. The zero-order valence-electron chi connectivity index (χ0n) is 19.5. The first kappa shape index (κ1) is 22.9. The minimum absolute atomic E-state index is 0.0722. The first-order valence-electron chi connectivity index (χ1n) is 11.9. The van der Waals surface area contributed by atoms with Crippen LogP contribution in [0.3, 0.4) is 0 Å². The van der Waals surface area contributed by atoms with Crippen molar-refractivity contribution in [1.29, 1.82) is 0 Å². The molecule has 9 heteroatoms. The fraction of sp³-hybridized carbons (Fsp3) is 0.308. The molecule has 180 valence electrons. The Hall–Kier alpha value is -3.82. The number of aromatic nitrogens is 4. The minimum Gasteiger partial charge on any atom is -0.325 e. The number of aromatic amines is 2. The Morgan fingerprint density at radius 1 is 1.00 bits per heavy atom. The van der Waals surface area contributed by atoms with Gasteiger partial charge in [-0.15, -0.1) is 0 Å². The highest BCUT2D eigenvalue weighted by Crippen LogP contribution is 2.18. The Labute approximate surface area is 203 Å². The summed E-state index contributed by atoms with van der Waals surface area (Å²) >= 11 is 0. The van der Waals surface area contributed by atoms with Gasteiger partial charge in [-0.2, -0.15) is 0 Å². The number of nitrogens with zero attached hydrogens (tertiary/aromatic N) is 4. The summed E-state index contributed by atoms with van der Waals surface area (Å²) in [4.78, 5) is 43.2. The maximum Gasteiger partial charge on any atom is 0.323 e. The largest absolute Gasteiger partial charge is 0.325 e. The van der Waals surface area contributed by atoms with E-state index in [2.05, 4.69) is 59.3 Å². The molecular formula is C26H29N7O2. The first-order valence-corrected chi connectivity index (χ1v) is 11.9. The molecule has 1 aliphatic rings. The molecule has 4 aromatic rings. The molecule has 0 aliphatic carbocycles. The summed E-state index contributed by atoms with van der Waals surface area (Å²) in [5, 5.41) is 2.97. The van der Waals surface area contributed by atoms with Crippen molar-refractivity contribution < 1.29 is 4.79 Å².